The second-order valence-corrected chi connectivity index (χ2v) is 10.8. The minimum absolute atomic E-state index is 0.00344. The second kappa shape index (κ2) is 10.9. The molecule has 0 bridgehead atoms. The summed E-state index contributed by atoms with van der Waals surface area (Å²) in [6, 6.07) is 22.4. The number of halogens is 2. The summed E-state index contributed by atoms with van der Waals surface area (Å²) in [6.45, 7) is 0.790. The predicted molar refractivity (Wildman–Crippen MR) is 146 cm³/mol. The number of rotatable bonds is 5. The molecule has 0 radical (unpaired) electrons. The van der Waals surface area contributed by atoms with E-state index in [0.717, 1.165) is 11.1 Å². The summed E-state index contributed by atoms with van der Waals surface area (Å²) in [5, 5.41) is 15.3. The van der Waals surface area contributed by atoms with Crippen molar-refractivity contribution in [3.05, 3.63) is 113 Å². The molecular formula is C32H29F2N3O4. The lowest BCUT2D eigenvalue weighted by Crippen LogP contribution is -2.58. The summed E-state index contributed by atoms with van der Waals surface area (Å²) in [4.78, 5) is 30.8. The van der Waals surface area contributed by atoms with E-state index in [4.69, 9.17) is 4.52 Å². The van der Waals surface area contributed by atoms with Crippen molar-refractivity contribution in [3.63, 3.8) is 0 Å². The number of carbonyl (C=O) groups is 2. The number of likely N-dealkylation sites (tertiary alicyclic amines) is 2. The Labute approximate surface area is 236 Å². The molecule has 1 spiro atoms. The molecule has 4 aromatic rings. The summed E-state index contributed by atoms with van der Waals surface area (Å²) >= 11 is 0. The predicted octanol–water partition coefficient (Wildman–Crippen LogP) is 5.38. The molecule has 41 heavy (non-hydrogen) atoms. The van der Waals surface area contributed by atoms with Crippen molar-refractivity contribution < 1.29 is 28.0 Å². The maximum atomic E-state index is 14.2. The number of amides is 2. The maximum Gasteiger partial charge on any atom is 0.292 e. The highest BCUT2D eigenvalue weighted by Gasteiger charge is 2.53. The van der Waals surface area contributed by atoms with Gasteiger partial charge in [0.05, 0.1) is 17.6 Å². The number of nitrogens with zero attached hydrogens (tertiary/aromatic N) is 3. The van der Waals surface area contributed by atoms with Gasteiger partial charge in [-0.05, 0) is 54.7 Å². The van der Waals surface area contributed by atoms with E-state index in [0.29, 0.717) is 12.8 Å². The highest BCUT2D eigenvalue weighted by Crippen LogP contribution is 2.47. The van der Waals surface area contributed by atoms with Crippen LogP contribution in [0.25, 0.3) is 11.3 Å². The number of aliphatic hydroxyl groups excluding tert-OH is 1. The second-order valence-electron chi connectivity index (χ2n) is 10.8. The van der Waals surface area contributed by atoms with E-state index in [2.05, 4.69) is 5.16 Å². The van der Waals surface area contributed by atoms with Crippen molar-refractivity contribution in [2.45, 2.75) is 38.0 Å². The number of hydrogen-bond acceptors (Lipinski definition) is 5. The lowest BCUT2D eigenvalue weighted by molar-refractivity contribution is -0.164. The molecule has 6 rings (SSSR count). The van der Waals surface area contributed by atoms with Gasteiger partial charge in [0, 0.05) is 31.3 Å². The monoisotopic (exact) mass is 557 g/mol. The molecule has 9 heteroatoms. The van der Waals surface area contributed by atoms with E-state index >= 15 is 0 Å². The summed E-state index contributed by atoms with van der Waals surface area (Å²) in [7, 11) is 0. The highest BCUT2D eigenvalue weighted by atomic mass is 19.1. The molecule has 0 saturated carbocycles. The van der Waals surface area contributed by atoms with Gasteiger partial charge in [0.15, 0.2) is 0 Å². The van der Waals surface area contributed by atoms with Crippen LogP contribution in [0.1, 0.15) is 47.0 Å². The van der Waals surface area contributed by atoms with E-state index < -0.39 is 23.4 Å². The molecule has 7 nitrogen and oxygen atoms in total. The van der Waals surface area contributed by atoms with Gasteiger partial charge < -0.3 is 19.4 Å². The summed E-state index contributed by atoms with van der Waals surface area (Å²) in [5.41, 5.74) is 1.21. The molecule has 210 valence electrons. The van der Waals surface area contributed by atoms with Crippen molar-refractivity contribution in [2.24, 2.45) is 5.41 Å². The van der Waals surface area contributed by atoms with Gasteiger partial charge in [-0.25, -0.2) is 8.78 Å². The zero-order valence-electron chi connectivity index (χ0n) is 22.2. The third-order valence-electron chi connectivity index (χ3n) is 8.30. The smallest absolute Gasteiger partial charge is 0.292 e. The van der Waals surface area contributed by atoms with Crippen molar-refractivity contribution >= 4 is 11.8 Å². The van der Waals surface area contributed by atoms with Crippen LogP contribution in [-0.4, -0.2) is 51.1 Å². The number of benzene rings is 3. The summed E-state index contributed by atoms with van der Waals surface area (Å²) in [5.74, 6) is -1.30. The third kappa shape index (κ3) is 5.13. The van der Waals surface area contributed by atoms with Crippen LogP contribution in [0.5, 0.6) is 0 Å². The summed E-state index contributed by atoms with van der Waals surface area (Å²) < 4.78 is 33.0. The van der Waals surface area contributed by atoms with Crippen LogP contribution in [-0.2, 0) is 11.3 Å². The minimum atomic E-state index is -0.846. The summed E-state index contributed by atoms with van der Waals surface area (Å²) in [6.07, 6.45) is 0.178. The largest absolute Gasteiger partial charge is 0.391 e. The Kier molecular flexibility index (Phi) is 7.13. The van der Waals surface area contributed by atoms with Crippen molar-refractivity contribution in [1.82, 2.24) is 15.0 Å². The van der Waals surface area contributed by atoms with E-state index in [-0.39, 0.29) is 60.7 Å². The van der Waals surface area contributed by atoms with Crippen LogP contribution in [0.15, 0.2) is 89.5 Å². The van der Waals surface area contributed by atoms with Crippen LogP contribution < -0.4 is 0 Å². The first kappa shape index (κ1) is 26.8. The first-order chi connectivity index (χ1) is 19.8. The van der Waals surface area contributed by atoms with Crippen LogP contribution >= 0.6 is 0 Å². The molecule has 2 aliphatic heterocycles. The maximum absolute atomic E-state index is 14.2. The van der Waals surface area contributed by atoms with Crippen molar-refractivity contribution in [2.75, 3.05) is 13.1 Å². The Morgan fingerprint density at radius 2 is 1.66 bits per heavy atom. The van der Waals surface area contributed by atoms with Crippen LogP contribution in [0, 0.1) is 17.0 Å². The average molecular weight is 558 g/mol. The Morgan fingerprint density at radius 1 is 0.976 bits per heavy atom. The number of aromatic nitrogens is 1. The number of aliphatic hydroxyl groups is 1. The Morgan fingerprint density at radius 3 is 2.37 bits per heavy atom. The molecule has 1 N–H and O–H groups in total. The normalized spacial score (nSPS) is 20.4. The van der Waals surface area contributed by atoms with E-state index in [1.165, 1.54) is 24.3 Å². The molecule has 2 amide bonds. The lowest BCUT2D eigenvalue weighted by Gasteiger charge is -2.51. The first-order valence-electron chi connectivity index (χ1n) is 13.6. The molecule has 2 aliphatic rings. The highest BCUT2D eigenvalue weighted by molar-refractivity contribution is 5.93. The minimum Gasteiger partial charge on any atom is -0.391 e. The fourth-order valence-corrected chi connectivity index (χ4v) is 6.13. The average Bonchev–Trinajstić information content (AvgIpc) is 3.48. The Balaban J connectivity index is 1.21. The fraction of sp³-hybridized carbons (Fsp3) is 0.281. The number of carbonyl (C=O) groups excluding carboxylic acids is 2. The van der Waals surface area contributed by atoms with Crippen LogP contribution in [0.3, 0.4) is 0 Å². The first-order valence-corrected chi connectivity index (χ1v) is 13.6. The molecule has 1 aromatic heterocycles. The molecule has 0 unspecified atom stereocenters. The van der Waals surface area contributed by atoms with Gasteiger partial charge >= 0.3 is 0 Å². The van der Waals surface area contributed by atoms with Crippen molar-refractivity contribution in [3.8, 4) is 11.3 Å². The molecule has 2 fully saturated rings. The van der Waals surface area contributed by atoms with E-state index in [1.807, 2.05) is 30.3 Å². The van der Waals surface area contributed by atoms with Crippen molar-refractivity contribution in [1.29, 1.82) is 0 Å². The van der Waals surface area contributed by atoms with Gasteiger partial charge in [0.2, 0.25) is 11.7 Å². The van der Waals surface area contributed by atoms with Gasteiger partial charge in [0.1, 0.15) is 17.3 Å². The third-order valence-corrected chi connectivity index (χ3v) is 8.30. The molecule has 2 atom stereocenters. The Hall–Kier alpha value is -4.37. The number of piperidine rings is 2. The molecule has 2 saturated heterocycles. The molecule has 0 aliphatic carbocycles. The molecule has 3 heterocycles. The standard InChI is InChI=1S/C32H29F2N3O4/c33-23-12-10-21(11-13-23)20-37-29(22-6-2-1-3-7-22)27(38)19-32(31(37)40)14-16-36(17-15-32)30(39)28-18-26(35-41-28)24-8-4-5-9-25(24)34/h1-13,18,27,29,38H,14-17,19-20H2/t27-,29+/m1/s1. The van der Waals surface area contributed by atoms with Gasteiger partial charge in [-0.15, -0.1) is 0 Å². The van der Waals surface area contributed by atoms with Gasteiger partial charge in [-0.1, -0.05) is 59.8 Å². The lowest BCUT2D eigenvalue weighted by atomic mass is 9.68. The number of hydrogen-bond donors (Lipinski definition) is 1. The van der Waals surface area contributed by atoms with Crippen LogP contribution in [0.4, 0.5) is 8.78 Å². The van der Waals surface area contributed by atoms with Gasteiger partial charge in [-0.3, -0.25) is 9.59 Å². The zero-order valence-corrected chi connectivity index (χ0v) is 22.2. The van der Waals surface area contributed by atoms with E-state index in [9.17, 15) is 23.5 Å². The van der Waals surface area contributed by atoms with Gasteiger partial charge in [-0.2, -0.15) is 0 Å². The molecular weight excluding hydrogens is 528 g/mol. The SMILES string of the molecule is O=C(c1cc(-c2ccccc2F)no1)N1CCC2(CC1)C[C@@H](O)[C@H](c1ccccc1)N(Cc1ccc(F)cc1)C2=O. The molecule has 3 aromatic carbocycles. The quantitative estimate of drug-likeness (QED) is 0.356. The van der Waals surface area contributed by atoms with Gasteiger partial charge in [0.25, 0.3) is 5.91 Å². The Bertz CT molecular complexity index is 1550. The fourth-order valence-electron chi connectivity index (χ4n) is 6.13. The topological polar surface area (TPSA) is 86.9 Å². The van der Waals surface area contributed by atoms with E-state index in [1.54, 1.807) is 40.1 Å². The zero-order chi connectivity index (χ0) is 28.6. The van der Waals surface area contributed by atoms with Crippen LogP contribution in [0.2, 0.25) is 0 Å².